The Morgan fingerprint density at radius 1 is 1.03 bits per heavy atom. The van der Waals surface area contributed by atoms with Crippen LogP contribution in [0.25, 0.3) is 10.9 Å². The lowest BCUT2D eigenvalue weighted by atomic mass is 9.91. The van der Waals surface area contributed by atoms with Crippen LogP contribution in [-0.2, 0) is 4.74 Å². The fourth-order valence-electron chi connectivity index (χ4n) is 5.08. The van der Waals surface area contributed by atoms with Gasteiger partial charge in [0.25, 0.3) is 5.69 Å². The molecule has 1 fully saturated rings. The summed E-state index contributed by atoms with van der Waals surface area (Å²) < 4.78 is 6.06. The van der Waals surface area contributed by atoms with Crippen molar-refractivity contribution in [3.8, 4) is 0 Å². The molecule has 2 aromatic carbocycles. The van der Waals surface area contributed by atoms with Crippen molar-refractivity contribution in [2.24, 2.45) is 0 Å². The van der Waals surface area contributed by atoms with E-state index < -0.39 is 0 Å². The summed E-state index contributed by atoms with van der Waals surface area (Å²) in [6.45, 7) is 0.639. The highest BCUT2D eigenvalue weighted by atomic mass is 16.6. The highest BCUT2D eigenvalue weighted by molar-refractivity contribution is 5.90. The SMILES string of the molecule is CN(C)c1nc(NC2CCC(NCC3=CCC(c4ccccc4[N+](=O)[O-])O3)CC2)nc2ccccc12. The molecule has 0 amide bonds. The smallest absolute Gasteiger partial charge is 0.276 e. The van der Waals surface area contributed by atoms with Gasteiger partial charge in [-0.05, 0) is 50.0 Å². The zero-order valence-corrected chi connectivity index (χ0v) is 20.7. The lowest BCUT2D eigenvalue weighted by Gasteiger charge is -2.30. The first kappa shape index (κ1) is 24.0. The summed E-state index contributed by atoms with van der Waals surface area (Å²) in [5.41, 5.74) is 1.69. The third-order valence-corrected chi connectivity index (χ3v) is 6.97. The average Bonchev–Trinajstić information content (AvgIpc) is 3.37. The number of nitro groups is 1. The topological polar surface area (TPSA) is 105 Å². The van der Waals surface area contributed by atoms with Gasteiger partial charge >= 0.3 is 0 Å². The van der Waals surface area contributed by atoms with Crippen molar-refractivity contribution in [2.75, 3.05) is 30.9 Å². The molecule has 1 atom stereocenters. The maximum absolute atomic E-state index is 11.3. The molecular weight excluding hydrogens is 456 g/mol. The molecule has 0 radical (unpaired) electrons. The second kappa shape index (κ2) is 10.5. The molecule has 36 heavy (non-hydrogen) atoms. The van der Waals surface area contributed by atoms with Crippen molar-refractivity contribution >= 4 is 28.4 Å². The lowest BCUT2D eigenvalue weighted by Crippen LogP contribution is -2.38. The molecule has 0 spiro atoms. The molecule has 3 aromatic rings. The Morgan fingerprint density at radius 2 is 1.75 bits per heavy atom. The van der Waals surface area contributed by atoms with Crippen molar-refractivity contribution < 1.29 is 9.66 Å². The number of aromatic nitrogens is 2. The number of rotatable bonds is 8. The molecule has 9 nitrogen and oxygen atoms in total. The molecule has 1 aliphatic heterocycles. The number of para-hydroxylation sites is 2. The molecule has 2 aliphatic rings. The minimum Gasteiger partial charge on any atom is -0.488 e. The highest BCUT2D eigenvalue weighted by Crippen LogP contribution is 2.36. The first-order valence-electron chi connectivity index (χ1n) is 12.5. The van der Waals surface area contributed by atoms with E-state index in [1.165, 1.54) is 6.07 Å². The van der Waals surface area contributed by atoms with E-state index in [-0.39, 0.29) is 16.7 Å². The maximum Gasteiger partial charge on any atom is 0.276 e. The summed E-state index contributed by atoms with van der Waals surface area (Å²) in [6, 6.07) is 15.7. The van der Waals surface area contributed by atoms with Gasteiger partial charge < -0.3 is 20.3 Å². The summed E-state index contributed by atoms with van der Waals surface area (Å²) in [4.78, 5) is 22.5. The number of fused-ring (bicyclic) bond motifs is 1. The van der Waals surface area contributed by atoms with Crippen LogP contribution in [0.3, 0.4) is 0 Å². The van der Waals surface area contributed by atoms with Gasteiger partial charge in [-0.15, -0.1) is 0 Å². The quantitative estimate of drug-likeness (QED) is 0.338. The van der Waals surface area contributed by atoms with Gasteiger partial charge in [-0.3, -0.25) is 10.1 Å². The predicted octanol–water partition coefficient (Wildman–Crippen LogP) is 4.96. The van der Waals surface area contributed by atoms with Gasteiger partial charge in [-0.2, -0.15) is 4.98 Å². The number of hydrogen-bond acceptors (Lipinski definition) is 8. The number of ether oxygens (including phenoxy) is 1. The van der Waals surface area contributed by atoms with Gasteiger partial charge in [-0.25, -0.2) is 4.98 Å². The molecule has 0 bridgehead atoms. The van der Waals surface area contributed by atoms with Crippen LogP contribution in [-0.4, -0.2) is 47.6 Å². The van der Waals surface area contributed by atoms with Crippen molar-refractivity contribution in [1.29, 1.82) is 0 Å². The molecule has 2 heterocycles. The molecule has 1 aliphatic carbocycles. The number of nitrogens with one attached hydrogen (secondary N) is 2. The molecule has 1 unspecified atom stereocenters. The zero-order chi connectivity index (χ0) is 25.1. The van der Waals surface area contributed by atoms with Crippen LogP contribution >= 0.6 is 0 Å². The average molecular weight is 489 g/mol. The summed E-state index contributed by atoms with van der Waals surface area (Å²) in [7, 11) is 4.00. The van der Waals surface area contributed by atoms with E-state index >= 15 is 0 Å². The Hall–Kier alpha value is -3.72. The number of nitrogens with zero attached hydrogens (tertiary/aromatic N) is 4. The van der Waals surface area contributed by atoms with E-state index in [4.69, 9.17) is 14.7 Å². The van der Waals surface area contributed by atoms with Crippen LogP contribution in [0.15, 0.2) is 60.4 Å². The van der Waals surface area contributed by atoms with E-state index in [9.17, 15) is 10.1 Å². The summed E-state index contributed by atoms with van der Waals surface area (Å²) in [5.74, 6) is 2.46. The summed E-state index contributed by atoms with van der Waals surface area (Å²) >= 11 is 0. The molecule has 1 aromatic heterocycles. The van der Waals surface area contributed by atoms with Gasteiger partial charge in [0.1, 0.15) is 17.7 Å². The minimum atomic E-state index is -0.342. The largest absolute Gasteiger partial charge is 0.488 e. The molecular formula is C27H32N6O3. The number of hydrogen-bond donors (Lipinski definition) is 2. The van der Waals surface area contributed by atoms with E-state index in [1.807, 2.05) is 49.3 Å². The van der Waals surface area contributed by atoms with Crippen molar-refractivity contribution in [2.45, 2.75) is 50.3 Å². The number of benzene rings is 2. The van der Waals surface area contributed by atoms with E-state index in [2.05, 4.69) is 16.7 Å². The molecule has 1 saturated carbocycles. The van der Waals surface area contributed by atoms with Crippen LogP contribution in [0.5, 0.6) is 0 Å². The molecule has 2 N–H and O–H groups in total. The normalized spacial score (nSPS) is 21.6. The molecule has 0 saturated heterocycles. The zero-order valence-electron chi connectivity index (χ0n) is 20.7. The predicted molar refractivity (Wildman–Crippen MR) is 141 cm³/mol. The molecule has 188 valence electrons. The van der Waals surface area contributed by atoms with Crippen LogP contribution in [0.4, 0.5) is 17.5 Å². The third kappa shape index (κ3) is 5.26. The van der Waals surface area contributed by atoms with E-state index in [0.29, 0.717) is 36.6 Å². The van der Waals surface area contributed by atoms with Gasteiger partial charge in [0.15, 0.2) is 0 Å². The fraction of sp³-hybridized carbons (Fsp3) is 0.407. The maximum atomic E-state index is 11.3. The Morgan fingerprint density at radius 3 is 2.53 bits per heavy atom. The van der Waals surface area contributed by atoms with Crippen LogP contribution in [0, 0.1) is 10.1 Å². The Bertz CT molecular complexity index is 1270. The highest BCUT2D eigenvalue weighted by Gasteiger charge is 2.28. The van der Waals surface area contributed by atoms with E-state index in [0.717, 1.165) is 48.2 Å². The summed E-state index contributed by atoms with van der Waals surface area (Å²) in [6.07, 6.45) is 6.56. The first-order chi connectivity index (χ1) is 17.5. The number of nitro benzene ring substituents is 1. The van der Waals surface area contributed by atoms with Crippen LogP contribution in [0.1, 0.15) is 43.8 Å². The van der Waals surface area contributed by atoms with Crippen molar-refractivity contribution in [1.82, 2.24) is 15.3 Å². The number of anilines is 2. The third-order valence-electron chi connectivity index (χ3n) is 6.97. The van der Waals surface area contributed by atoms with Gasteiger partial charge in [0.05, 0.1) is 22.5 Å². The van der Waals surface area contributed by atoms with Gasteiger partial charge in [0, 0.05) is 44.1 Å². The fourth-order valence-corrected chi connectivity index (χ4v) is 5.08. The van der Waals surface area contributed by atoms with Crippen molar-refractivity contribution in [3.05, 3.63) is 76.0 Å². The van der Waals surface area contributed by atoms with Gasteiger partial charge in [-0.1, -0.05) is 24.3 Å². The van der Waals surface area contributed by atoms with E-state index in [1.54, 1.807) is 12.1 Å². The van der Waals surface area contributed by atoms with Gasteiger partial charge in [0.2, 0.25) is 5.95 Å². The monoisotopic (exact) mass is 488 g/mol. The summed E-state index contributed by atoms with van der Waals surface area (Å²) in [5, 5.41) is 19.6. The standard InChI is InChI=1S/C27H32N6O3/c1-32(2)26-21-7-3-5-9-23(21)30-27(31-26)29-19-13-11-18(12-14-19)28-17-20-15-16-25(36-20)22-8-4-6-10-24(22)33(34)35/h3-10,15,18-19,25,28H,11-14,16-17H2,1-2H3,(H,29,30,31). The Kier molecular flexibility index (Phi) is 6.99. The second-order valence-electron chi connectivity index (χ2n) is 9.68. The van der Waals surface area contributed by atoms with Crippen molar-refractivity contribution in [3.63, 3.8) is 0 Å². The Balaban J connectivity index is 1.11. The molecule has 9 heteroatoms. The minimum absolute atomic E-state index is 0.115. The van der Waals surface area contributed by atoms with Crippen LogP contribution < -0.4 is 15.5 Å². The Labute approximate surface area is 210 Å². The van der Waals surface area contributed by atoms with Crippen LogP contribution in [0.2, 0.25) is 0 Å². The second-order valence-corrected chi connectivity index (χ2v) is 9.68. The molecule has 5 rings (SSSR count). The lowest BCUT2D eigenvalue weighted by molar-refractivity contribution is -0.386. The first-order valence-corrected chi connectivity index (χ1v) is 12.5.